The number of aliphatic hydroxyl groups excluding tert-OH is 1. The van der Waals surface area contributed by atoms with E-state index in [0.29, 0.717) is 18.1 Å². The van der Waals surface area contributed by atoms with Gasteiger partial charge in [-0.15, -0.1) is 0 Å². The van der Waals surface area contributed by atoms with E-state index in [2.05, 4.69) is 19.2 Å². The van der Waals surface area contributed by atoms with Crippen LogP contribution in [-0.4, -0.2) is 29.8 Å². The first kappa shape index (κ1) is 17.7. The predicted molar refractivity (Wildman–Crippen MR) is 84.2 cm³/mol. The van der Waals surface area contributed by atoms with Crippen molar-refractivity contribution in [3.63, 3.8) is 0 Å². The summed E-state index contributed by atoms with van der Waals surface area (Å²) < 4.78 is 5.52. The molecule has 118 valence electrons. The molecule has 1 amide bonds. The second kappa shape index (κ2) is 8.80. The quantitative estimate of drug-likeness (QED) is 0.775. The van der Waals surface area contributed by atoms with E-state index in [0.717, 1.165) is 12.0 Å². The summed E-state index contributed by atoms with van der Waals surface area (Å²) in [4.78, 5) is 12.1. The van der Waals surface area contributed by atoms with Crippen molar-refractivity contribution < 1.29 is 14.6 Å². The van der Waals surface area contributed by atoms with Crippen molar-refractivity contribution in [3.05, 3.63) is 35.4 Å². The van der Waals surface area contributed by atoms with Crippen LogP contribution in [0, 0.1) is 5.92 Å². The van der Waals surface area contributed by atoms with Crippen molar-refractivity contribution in [2.24, 2.45) is 5.92 Å². The van der Waals surface area contributed by atoms with Gasteiger partial charge in [0, 0.05) is 5.56 Å². The lowest BCUT2D eigenvalue weighted by Crippen LogP contribution is -2.38. The lowest BCUT2D eigenvalue weighted by Gasteiger charge is -2.18. The molecule has 0 fully saturated rings. The van der Waals surface area contributed by atoms with Gasteiger partial charge in [0.15, 0.2) is 0 Å². The minimum atomic E-state index is -0.193. The third-order valence-corrected chi connectivity index (χ3v) is 3.11. The molecular formula is C17H27NO3. The Morgan fingerprint density at radius 1 is 1.19 bits per heavy atom. The van der Waals surface area contributed by atoms with E-state index >= 15 is 0 Å². The Labute approximate surface area is 127 Å². The van der Waals surface area contributed by atoms with Crippen LogP contribution in [0.15, 0.2) is 24.3 Å². The van der Waals surface area contributed by atoms with Gasteiger partial charge in [0.25, 0.3) is 5.91 Å². The molecule has 0 aliphatic carbocycles. The van der Waals surface area contributed by atoms with E-state index in [1.54, 1.807) is 12.1 Å². The zero-order chi connectivity index (χ0) is 15.8. The van der Waals surface area contributed by atoms with Crippen LogP contribution in [-0.2, 0) is 11.3 Å². The van der Waals surface area contributed by atoms with Crippen LogP contribution in [0.25, 0.3) is 0 Å². The van der Waals surface area contributed by atoms with Gasteiger partial charge in [0.05, 0.1) is 25.4 Å². The Bertz CT molecular complexity index is 426. The normalized spacial score (nSPS) is 12.7. The molecule has 1 atom stereocenters. The van der Waals surface area contributed by atoms with Crippen molar-refractivity contribution in [1.29, 1.82) is 0 Å². The van der Waals surface area contributed by atoms with Gasteiger partial charge in [-0.1, -0.05) is 26.0 Å². The summed E-state index contributed by atoms with van der Waals surface area (Å²) >= 11 is 0. The smallest absolute Gasteiger partial charge is 0.251 e. The van der Waals surface area contributed by atoms with Gasteiger partial charge in [-0.2, -0.15) is 0 Å². The molecule has 2 N–H and O–H groups in total. The fourth-order valence-corrected chi connectivity index (χ4v) is 2.03. The Kier molecular flexibility index (Phi) is 7.40. The van der Waals surface area contributed by atoms with E-state index in [9.17, 15) is 9.90 Å². The minimum absolute atomic E-state index is 0.0375. The summed E-state index contributed by atoms with van der Waals surface area (Å²) in [5.74, 6) is 0.282. The van der Waals surface area contributed by atoms with Crippen molar-refractivity contribution in [1.82, 2.24) is 5.32 Å². The Morgan fingerprint density at radius 2 is 1.81 bits per heavy atom. The molecule has 1 unspecified atom stereocenters. The topological polar surface area (TPSA) is 58.6 Å². The zero-order valence-electron chi connectivity index (χ0n) is 13.4. The number of hydrogen-bond acceptors (Lipinski definition) is 3. The van der Waals surface area contributed by atoms with Crippen LogP contribution in [0.3, 0.4) is 0 Å². The molecule has 0 saturated carbocycles. The van der Waals surface area contributed by atoms with Crippen molar-refractivity contribution in [2.75, 3.05) is 6.61 Å². The maximum atomic E-state index is 12.1. The standard InChI is InChI=1S/C17H27NO3/c1-12(2)9-16(10-19)18-17(20)15-7-5-14(6-8-15)11-21-13(3)4/h5-8,12-13,16,19H,9-11H2,1-4H3,(H,18,20). The summed E-state index contributed by atoms with van der Waals surface area (Å²) in [7, 11) is 0. The van der Waals surface area contributed by atoms with Gasteiger partial charge in [-0.3, -0.25) is 4.79 Å². The number of hydrogen-bond donors (Lipinski definition) is 2. The molecule has 0 radical (unpaired) electrons. The van der Waals surface area contributed by atoms with E-state index in [-0.39, 0.29) is 24.7 Å². The Balaban J connectivity index is 2.58. The van der Waals surface area contributed by atoms with Crippen LogP contribution >= 0.6 is 0 Å². The minimum Gasteiger partial charge on any atom is -0.394 e. The molecule has 21 heavy (non-hydrogen) atoms. The summed E-state index contributed by atoms with van der Waals surface area (Å²) in [5, 5.41) is 12.2. The van der Waals surface area contributed by atoms with Gasteiger partial charge in [-0.05, 0) is 43.9 Å². The number of benzene rings is 1. The molecule has 0 aliphatic heterocycles. The highest BCUT2D eigenvalue weighted by molar-refractivity contribution is 5.94. The third kappa shape index (κ3) is 6.74. The predicted octanol–water partition coefficient (Wildman–Crippen LogP) is 2.75. The summed E-state index contributed by atoms with van der Waals surface area (Å²) in [5.41, 5.74) is 1.65. The van der Waals surface area contributed by atoms with E-state index < -0.39 is 0 Å². The van der Waals surface area contributed by atoms with E-state index in [1.807, 2.05) is 26.0 Å². The Hall–Kier alpha value is -1.39. The highest BCUT2D eigenvalue weighted by Crippen LogP contribution is 2.09. The molecule has 4 heteroatoms. The number of rotatable bonds is 8. The fourth-order valence-electron chi connectivity index (χ4n) is 2.03. The van der Waals surface area contributed by atoms with Crippen LogP contribution in [0.2, 0.25) is 0 Å². The van der Waals surface area contributed by atoms with Gasteiger partial charge >= 0.3 is 0 Å². The lowest BCUT2D eigenvalue weighted by molar-refractivity contribution is 0.0656. The lowest BCUT2D eigenvalue weighted by atomic mass is 10.0. The second-order valence-electron chi connectivity index (χ2n) is 6.04. The average Bonchev–Trinajstić information content (AvgIpc) is 2.44. The molecule has 1 aromatic carbocycles. The molecule has 0 bridgehead atoms. The molecule has 1 aromatic rings. The summed E-state index contributed by atoms with van der Waals surface area (Å²) in [6.07, 6.45) is 0.956. The maximum Gasteiger partial charge on any atom is 0.251 e. The number of aliphatic hydroxyl groups is 1. The number of nitrogens with one attached hydrogen (secondary N) is 1. The number of ether oxygens (including phenoxy) is 1. The average molecular weight is 293 g/mol. The molecule has 0 spiro atoms. The SMILES string of the molecule is CC(C)CC(CO)NC(=O)c1ccc(COC(C)C)cc1. The first-order valence-corrected chi connectivity index (χ1v) is 7.54. The summed E-state index contributed by atoms with van der Waals surface area (Å²) in [6, 6.07) is 7.18. The molecular weight excluding hydrogens is 266 g/mol. The summed E-state index contributed by atoms with van der Waals surface area (Å²) in [6.45, 7) is 8.63. The molecule has 0 saturated heterocycles. The van der Waals surface area contributed by atoms with Crippen LogP contribution in [0.4, 0.5) is 0 Å². The molecule has 0 aliphatic rings. The first-order valence-electron chi connectivity index (χ1n) is 7.54. The first-order chi connectivity index (χ1) is 9.92. The highest BCUT2D eigenvalue weighted by atomic mass is 16.5. The maximum absolute atomic E-state index is 12.1. The van der Waals surface area contributed by atoms with Crippen LogP contribution in [0.5, 0.6) is 0 Å². The van der Waals surface area contributed by atoms with Crippen molar-refractivity contribution in [3.8, 4) is 0 Å². The fraction of sp³-hybridized carbons (Fsp3) is 0.588. The monoisotopic (exact) mass is 293 g/mol. The van der Waals surface area contributed by atoms with Gasteiger partial charge in [0.1, 0.15) is 0 Å². The second-order valence-corrected chi connectivity index (χ2v) is 6.04. The molecule has 1 rings (SSSR count). The van der Waals surface area contributed by atoms with Crippen LogP contribution < -0.4 is 5.32 Å². The number of carbonyl (C=O) groups excluding carboxylic acids is 1. The highest BCUT2D eigenvalue weighted by Gasteiger charge is 2.14. The number of amides is 1. The third-order valence-electron chi connectivity index (χ3n) is 3.11. The molecule has 4 nitrogen and oxygen atoms in total. The molecule has 0 aromatic heterocycles. The molecule has 0 heterocycles. The van der Waals surface area contributed by atoms with Crippen LogP contribution in [0.1, 0.15) is 50.0 Å². The zero-order valence-corrected chi connectivity index (χ0v) is 13.4. The van der Waals surface area contributed by atoms with Gasteiger partial charge < -0.3 is 15.2 Å². The van der Waals surface area contributed by atoms with Crippen molar-refractivity contribution in [2.45, 2.75) is 52.9 Å². The number of carbonyl (C=O) groups is 1. The van der Waals surface area contributed by atoms with E-state index in [1.165, 1.54) is 0 Å². The van der Waals surface area contributed by atoms with Gasteiger partial charge in [-0.25, -0.2) is 0 Å². The van der Waals surface area contributed by atoms with Gasteiger partial charge in [0.2, 0.25) is 0 Å². The largest absolute Gasteiger partial charge is 0.394 e. The van der Waals surface area contributed by atoms with E-state index in [4.69, 9.17) is 4.74 Å². The Morgan fingerprint density at radius 3 is 2.29 bits per heavy atom. The van der Waals surface area contributed by atoms with Crippen molar-refractivity contribution >= 4 is 5.91 Å².